The number of benzene rings is 2. The molecule has 0 aliphatic carbocycles. The number of likely N-dealkylation sites (N-methyl/N-ethyl adjacent to an activating group) is 1. The van der Waals surface area contributed by atoms with Gasteiger partial charge in [0.1, 0.15) is 11.9 Å². The lowest BCUT2D eigenvalue weighted by Crippen LogP contribution is -2.30. The molecule has 0 saturated carbocycles. The quantitative estimate of drug-likeness (QED) is 0.735. The molecule has 7 heteroatoms. The van der Waals surface area contributed by atoms with Crippen molar-refractivity contribution in [1.29, 1.82) is 0 Å². The normalized spacial score (nSPS) is 12.6. The first kappa shape index (κ1) is 18.7. The van der Waals surface area contributed by atoms with E-state index < -0.39 is 18.6 Å². The van der Waals surface area contributed by atoms with E-state index in [2.05, 4.69) is 10.3 Å². The largest absolute Gasteiger partial charge is 0.393 e. The Hall–Kier alpha value is -3.09. The van der Waals surface area contributed by atoms with Crippen molar-refractivity contribution in [2.75, 3.05) is 7.05 Å². The molecule has 4 nitrogen and oxygen atoms in total. The minimum atomic E-state index is -4.25. The van der Waals surface area contributed by atoms with Crippen LogP contribution in [-0.4, -0.2) is 28.7 Å². The third-order valence-corrected chi connectivity index (χ3v) is 4.17. The Bertz CT molecular complexity index is 902. The maximum atomic E-state index is 12.5. The van der Waals surface area contributed by atoms with E-state index in [9.17, 15) is 18.0 Å². The summed E-state index contributed by atoms with van der Waals surface area (Å²) in [6.07, 6.45) is -1.98. The number of carbonyl (C=O) groups is 1. The minimum Gasteiger partial charge on any atom is -0.357 e. The van der Waals surface area contributed by atoms with E-state index in [-0.39, 0.29) is 11.5 Å². The van der Waals surface area contributed by atoms with Gasteiger partial charge in [0.05, 0.1) is 6.42 Å². The van der Waals surface area contributed by atoms with Crippen LogP contribution in [0.3, 0.4) is 0 Å². The van der Waals surface area contributed by atoms with Crippen LogP contribution in [0.5, 0.6) is 0 Å². The highest BCUT2D eigenvalue weighted by molar-refractivity contribution is 5.84. The molecule has 0 bridgehead atoms. The first-order valence-electron chi connectivity index (χ1n) is 8.34. The molecule has 1 heterocycles. The smallest absolute Gasteiger partial charge is 0.357 e. The Morgan fingerprint density at radius 2 is 1.78 bits per heavy atom. The zero-order valence-electron chi connectivity index (χ0n) is 14.6. The number of rotatable bonds is 5. The monoisotopic (exact) mass is 373 g/mol. The lowest BCUT2D eigenvalue weighted by molar-refractivity contribution is -0.127. The number of hydrogen-bond acceptors (Lipinski definition) is 2. The fourth-order valence-corrected chi connectivity index (χ4v) is 2.96. The molecule has 1 aromatic heterocycles. The van der Waals surface area contributed by atoms with E-state index in [1.165, 1.54) is 12.1 Å². The molecule has 3 rings (SSSR count). The number of imidazole rings is 1. The van der Waals surface area contributed by atoms with Crippen LogP contribution in [0.2, 0.25) is 0 Å². The van der Waals surface area contributed by atoms with Gasteiger partial charge in [0, 0.05) is 25.0 Å². The predicted octanol–water partition coefficient (Wildman–Crippen LogP) is 3.99. The minimum absolute atomic E-state index is 0.176. The highest BCUT2D eigenvalue weighted by Crippen LogP contribution is 2.27. The highest BCUT2D eigenvalue weighted by Gasteiger charge is 2.28. The van der Waals surface area contributed by atoms with E-state index >= 15 is 0 Å². The van der Waals surface area contributed by atoms with E-state index in [0.29, 0.717) is 11.4 Å². The predicted molar refractivity (Wildman–Crippen MR) is 96.1 cm³/mol. The van der Waals surface area contributed by atoms with Crippen LogP contribution in [-0.2, 0) is 11.2 Å². The molecule has 140 valence electrons. The maximum Gasteiger partial charge on any atom is 0.393 e. The number of hydrogen-bond donors (Lipinski definition) is 1. The van der Waals surface area contributed by atoms with Gasteiger partial charge in [-0.15, -0.1) is 0 Å². The number of amides is 1. The van der Waals surface area contributed by atoms with E-state index in [1.807, 2.05) is 30.3 Å². The summed E-state index contributed by atoms with van der Waals surface area (Å²) in [4.78, 5) is 16.8. The van der Waals surface area contributed by atoms with E-state index in [1.54, 1.807) is 36.1 Å². The van der Waals surface area contributed by atoms with Gasteiger partial charge in [-0.05, 0) is 11.1 Å². The summed E-state index contributed by atoms with van der Waals surface area (Å²) >= 11 is 0. The summed E-state index contributed by atoms with van der Waals surface area (Å²) in [6.45, 7) is 0. The molecule has 0 radical (unpaired) electrons. The summed E-state index contributed by atoms with van der Waals surface area (Å²) in [6, 6.07) is 14.6. The van der Waals surface area contributed by atoms with Crippen molar-refractivity contribution in [2.45, 2.75) is 18.6 Å². The fourth-order valence-electron chi connectivity index (χ4n) is 2.96. The molecule has 3 aromatic rings. The number of alkyl halides is 3. The number of aromatic nitrogens is 2. The second kappa shape index (κ2) is 7.65. The molecular formula is C20H18F3N3O. The van der Waals surface area contributed by atoms with Gasteiger partial charge in [0.2, 0.25) is 5.91 Å². The zero-order valence-corrected chi connectivity index (χ0v) is 14.6. The maximum absolute atomic E-state index is 12.5. The van der Waals surface area contributed by atoms with Gasteiger partial charge >= 0.3 is 6.18 Å². The van der Waals surface area contributed by atoms with Crippen LogP contribution in [0.25, 0.3) is 11.4 Å². The third kappa shape index (κ3) is 4.36. The van der Waals surface area contributed by atoms with Gasteiger partial charge in [0.25, 0.3) is 0 Å². The van der Waals surface area contributed by atoms with Gasteiger partial charge in [-0.3, -0.25) is 4.79 Å². The van der Waals surface area contributed by atoms with Crippen LogP contribution >= 0.6 is 0 Å². The van der Waals surface area contributed by atoms with Crippen molar-refractivity contribution in [3.63, 3.8) is 0 Å². The first-order chi connectivity index (χ1) is 12.9. The molecule has 0 saturated heterocycles. The molecule has 0 spiro atoms. The number of halogens is 3. The molecule has 1 unspecified atom stereocenters. The highest BCUT2D eigenvalue weighted by atomic mass is 19.4. The lowest BCUT2D eigenvalue weighted by Gasteiger charge is -2.20. The molecule has 1 atom stereocenters. The van der Waals surface area contributed by atoms with Crippen molar-refractivity contribution in [1.82, 2.24) is 14.9 Å². The van der Waals surface area contributed by atoms with Gasteiger partial charge in [0.15, 0.2) is 0 Å². The Morgan fingerprint density at radius 3 is 2.37 bits per heavy atom. The van der Waals surface area contributed by atoms with Gasteiger partial charge in [-0.25, -0.2) is 4.98 Å². The second-order valence-electron chi connectivity index (χ2n) is 6.07. The van der Waals surface area contributed by atoms with Gasteiger partial charge in [-0.1, -0.05) is 54.6 Å². The summed E-state index contributed by atoms with van der Waals surface area (Å²) in [5.41, 5.74) is 1.59. The first-order valence-corrected chi connectivity index (χ1v) is 8.34. The summed E-state index contributed by atoms with van der Waals surface area (Å²) < 4.78 is 39.3. The van der Waals surface area contributed by atoms with Crippen LogP contribution in [0.15, 0.2) is 67.0 Å². The van der Waals surface area contributed by atoms with Crippen molar-refractivity contribution < 1.29 is 18.0 Å². The molecular weight excluding hydrogens is 355 g/mol. The number of nitrogens with one attached hydrogen (secondary N) is 1. The SMILES string of the molecule is CNC(=O)C(c1ccccc1)n1ccnc1-c1ccc(CC(F)(F)F)cc1. The molecule has 0 aliphatic rings. The van der Waals surface area contributed by atoms with Crippen LogP contribution < -0.4 is 5.32 Å². The van der Waals surface area contributed by atoms with Crippen molar-refractivity contribution in [2.24, 2.45) is 0 Å². The van der Waals surface area contributed by atoms with Crippen LogP contribution in [0.4, 0.5) is 13.2 Å². The summed E-state index contributed by atoms with van der Waals surface area (Å²) in [5.74, 6) is 0.292. The standard InChI is InChI=1S/C20H18F3N3O/c1-24-19(27)17(15-5-3-2-4-6-15)26-12-11-25-18(26)16-9-7-14(8-10-16)13-20(21,22)23/h2-12,17H,13H2,1H3,(H,24,27). The van der Waals surface area contributed by atoms with E-state index in [0.717, 1.165) is 5.56 Å². The summed E-state index contributed by atoms with van der Waals surface area (Å²) in [5, 5.41) is 2.65. The summed E-state index contributed by atoms with van der Waals surface area (Å²) in [7, 11) is 1.56. The Labute approximate surface area is 154 Å². The second-order valence-corrected chi connectivity index (χ2v) is 6.07. The molecule has 2 aromatic carbocycles. The number of carbonyl (C=O) groups excluding carboxylic acids is 1. The zero-order chi connectivity index (χ0) is 19.4. The third-order valence-electron chi connectivity index (χ3n) is 4.17. The fraction of sp³-hybridized carbons (Fsp3) is 0.200. The molecule has 0 aliphatic heterocycles. The topological polar surface area (TPSA) is 46.9 Å². The average molecular weight is 373 g/mol. The molecule has 1 amide bonds. The molecule has 1 N–H and O–H groups in total. The van der Waals surface area contributed by atoms with Crippen LogP contribution in [0, 0.1) is 0 Å². The van der Waals surface area contributed by atoms with E-state index in [4.69, 9.17) is 0 Å². The van der Waals surface area contributed by atoms with Crippen molar-refractivity contribution in [3.05, 3.63) is 78.1 Å². The van der Waals surface area contributed by atoms with Crippen molar-refractivity contribution >= 4 is 5.91 Å². The molecule has 0 fully saturated rings. The van der Waals surface area contributed by atoms with Crippen LogP contribution in [0.1, 0.15) is 17.2 Å². The Kier molecular flexibility index (Phi) is 5.30. The van der Waals surface area contributed by atoms with Gasteiger partial charge < -0.3 is 9.88 Å². The Balaban J connectivity index is 1.98. The average Bonchev–Trinajstić information content (AvgIpc) is 3.11. The van der Waals surface area contributed by atoms with Crippen molar-refractivity contribution in [3.8, 4) is 11.4 Å². The molecule has 27 heavy (non-hydrogen) atoms. The Morgan fingerprint density at radius 1 is 1.11 bits per heavy atom. The van der Waals surface area contributed by atoms with Gasteiger partial charge in [-0.2, -0.15) is 13.2 Å². The number of nitrogens with zero attached hydrogens (tertiary/aromatic N) is 2. The lowest BCUT2D eigenvalue weighted by atomic mass is 10.0.